The molecule has 8 nitrogen and oxygen atoms in total. The number of nitrogens with one attached hydrogen (secondary N) is 1. The molecule has 0 saturated carbocycles. The van der Waals surface area contributed by atoms with Crippen molar-refractivity contribution in [3.63, 3.8) is 0 Å². The second kappa shape index (κ2) is 8.21. The molecule has 2 amide bonds. The number of likely N-dealkylation sites (tertiary alicyclic amines) is 1. The van der Waals surface area contributed by atoms with Crippen LogP contribution in [0.25, 0.3) is 11.3 Å². The van der Waals surface area contributed by atoms with Crippen LogP contribution in [0.3, 0.4) is 0 Å². The van der Waals surface area contributed by atoms with Crippen molar-refractivity contribution >= 4 is 54.2 Å². The zero-order valence-corrected chi connectivity index (χ0v) is 19.9. The summed E-state index contributed by atoms with van der Waals surface area (Å²) in [6.45, 7) is 2.00. The van der Waals surface area contributed by atoms with E-state index < -0.39 is 16.1 Å². The number of anilines is 1. The quantitative estimate of drug-likeness (QED) is 0.553. The molecule has 2 aromatic heterocycles. The van der Waals surface area contributed by atoms with Gasteiger partial charge in [-0.15, -0.1) is 11.3 Å². The van der Waals surface area contributed by atoms with Gasteiger partial charge >= 0.3 is 0 Å². The fourth-order valence-corrected chi connectivity index (χ4v) is 5.44. The number of nitrogens with zero attached hydrogens (tertiary/aromatic N) is 3. The lowest BCUT2D eigenvalue weighted by molar-refractivity contribution is -0.123. The lowest BCUT2D eigenvalue weighted by Crippen LogP contribution is -2.56. The number of carbonyl (C=O) groups excluding carboxylic acids is 2. The van der Waals surface area contributed by atoms with E-state index in [9.17, 15) is 18.0 Å². The molecule has 11 heteroatoms. The second-order valence-electron chi connectivity index (χ2n) is 7.21. The van der Waals surface area contributed by atoms with Crippen molar-refractivity contribution in [2.45, 2.75) is 19.4 Å². The Morgan fingerprint density at radius 3 is 2.68 bits per heavy atom. The molecule has 0 radical (unpaired) electrons. The number of carbonyl (C=O) groups is 2. The van der Waals surface area contributed by atoms with Crippen LogP contribution >= 0.6 is 27.3 Å². The molecule has 1 aliphatic heterocycles. The molecule has 1 fully saturated rings. The summed E-state index contributed by atoms with van der Waals surface area (Å²) in [4.78, 5) is 31.6. The Labute approximate surface area is 192 Å². The van der Waals surface area contributed by atoms with E-state index in [2.05, 4.69) is 26.2 Å². The van der Waals surface area contributed by atoms with Gasteiger partial charge in [0, 0.05) is 33.9 Å². The van der Waals surface area contributed by atoms with Gasteiger partial charge in [0.1, 0.15) is 6.04 Å². The Morgan fingerprint density at radius 1 is 1.29 bits per heavy atom. The van der Waals surface area contributed by atoms with Gasteiger partial charge in [-0.2, -0.15) is 0 Å². The molecule has 0 aliphatic carbocycles. The number of benzene rings is 1. The number of hydrogen-bond donors (Lipinski definition) is 1. The predicted molar refractivity (Wildman–Crippen MR) is 123 cm³/mol. The van der Waals surface area contributed by atoms with Gasteiger partial charge in [-0.1, -0.05) is 28.1 Å². The van der Waals surface area contributed by atoms with Crippen LogP contribution < -0.4 is 5.32 Å². The first kappa shape index (κ1) is 21.7. The maximum atomic E-state index is 12.9. The summed E-state index contributed by atoms with van der Waals surface area (Å²) in [5, 5.41) is 5.11. The van der Waals surface area contributed by atoms with Crippen molar-refractivity contribution in [1.82, 2.24) is 13.9 Å². The van der Waals surface area contributed by atoms with E-state index in [1.165, 1.54) is 28.5 Å². The topological polar surface area (TPSA) is 101 Å². The van der Waals surface area contributed by atoms with Gasteiger partial charge in [0.05, 0.1) is 17.5 Å². The third-order valence-corrected chi connectivity index (χ3v) is 7.48. The van der Waals surface area contributed by atoms with Crippen LogP contribution in [0, 0.1) is 6.92 Å². The van der Waals surface area contributed by atoms with Gasteiger partial charge in [-0.05, 0) is 31.5 Å². The number of halogens is 1. The SMILES string of the molecule is Cc1c(C(=O)N2CC[C@H]2C(=O)Nc2nc(-c3cccc(Br)c3)cs2)ccn1S(C)(=O)=O. The molecule has 1 atom stereocenters. The fraction of sp³-hybridized carbons (Fsp3) is 0.250. The first-order valence-corrected chi connectivity index (χ1v) is 12.9. The Morgan fingerprint density at radius 2 is 2.06 bits per heavy atom. The van der Waals surface area contributed by atoms with Gasteiger partial charge in [0.25, 0.3) is 5.91 Å². The lowest BCUT2D eigenvalue weighted by atomic mass is 10.0. The summed E-state index contributed by atoms with van der Waals surface area (Å²) in [5.41, 5.74) is 2.28. The first-order chi connectivity index (χ1) is 14.6. The summed E-state index contributed by atoms with van der Waals surface area (Å²) in [5.74, 6) is -0.671. The van der Waals surface area contributed by atoms with Crippen LogP contribution in [-0.4, -0.2) is 52.9 Å². The molecule has 1 N–H and O–H groups in total. The molecule has 4 rings (SSSR count). The second-order valence-corrected chi connectivity index (χ2v) is 10.8. The summed E-state index contributed by atoms with van der Waals surface area (Å²) in [6.07, 6.45) is 2.96. The van der Waals surface area contributed by atoms with Crippen LogP contribution in [0.4, 0.5) is 5.13 Å². The minimum Gasteiger partial charge on any atom is -0.326 e. The molecule has 1 saturated heterocycles. The van der Waals surface area contributed by atoms with E-state index >= 15 is 0 Å². The highest BCUT2D eigenvalue weighted by Crippen LogP contribution is 2.29. The largest absolute Gasteiger partial charge is 0.326 e. The van der Waals surface area contributed by atoms with E-state index in [0.717, 1.165) is 26.0 Å². The number of amides is 2. The van der Waals surface area contributed by atoms with Crippen LogP contribution in [0.15, 0.2) is 46.4 Å². The van der Waals surface area contributed by atoms with Crippen molar-refractivity contribution < 1.29 is 18.0 Å². The van der Waals surface area contributed by atoms with Crippen molar-refractivity contribution in [2.75, 3.05) is 18.1 Å². The third-order valence-electron chi connectivity index (χ3n) is 5.12. The smallest absolute Gasteiger partial charge is 0.256 e. The molecular weight excluding hydrogens is 504 g/mol. The summed E-state index contributed by atoms with van der Waals surface area (Å²) >= 11 is 4.75. The van der Waals surface area contributed by atoms with E-state index in [4.69, 9.17) is 0 Å². The van der Waals surface area contributed by atoms with Crippen LogP contribution in [-0.2, 0) is 14.8 Å². The molecule has 31 heavy (non-hydrogen) atoms. The highest BCUT2D eigenvalue weighted by Gasteiger charge is 2.39. The zero-order valence-electron chi connectivity index (χ0n) is 16.7. The number of thiazole rings is 1. The molecule has 1 aliphatic rings. The van der Waals surface area contributed by atoms with E-state index in [-0.39, 0.29) is 17.4 Å². The Balaban J connectivity index is 1.46. The van der Waals surface area contributed by atoms with Crippen molar-refractivity contribution in [3.8, 4) is 11.3 Å². The molecule has 0 bridgehead atoms. The predicted octanol–water partition coefficient (Wildman–Crippen LogP) is 3.34. The van der Waals surface area contributed by atoms with Crippen LogP contribution in [0.1, 0.15) is 22.5 Å². The highest BCUT2D eigenvalue weighted by molar-refractivity contribution is 9.10. The average molecular weight is 523 g/mol. The molecular formula is C20H19BrN4O4S2. The van der Waals surface area contributed by atoms with Crippen LogP contribution in [0.5, 0.6) is 0 Å². The summed E-state index contributed by atoms with van der Waals surface area (Å²) in [6, 6.07) is 8.56. The number of hydrogen-bond acceptors (Lipinski definition) is 6. The minimum absolute atomic E-state index is 0.272. The Hall–Kier alpha value is -2.50. The maximum absolute atomic E-state index is 12.9. The summed E-state index contributed by atoms with van der Waals surface area (Å²) in [7, 11) is -3.50. The van der Waals surface area contributed by atoms with E-state index in [1.807, 2.05) is 29.6 Å². The molecule has 0 unspecified atom stereocenters. The van der Waals surface area contributed by atoms with Crippen molar-refractivity contribution in [1.29, 1.82) is 0 Å². The first-order valence-electron chi connectivity index (χ1n) is 9.37. The highest BCUT2D eigenvalue weighted by atomic mass is 79.9. The normalized spacial score (nSPS) is 16.1. The average Bonchev–Trinajstić information content (AvgIpc) is 3.27. The Kier molecular flexibility index (Phi) is 5.75. The van der Waals surface area contributed by atoms with Gasteiger partial charge in [0.2, 0.25) is 15.9 Å². The molecule has 3 aromatic rings. The van der Waals surface area contributed by atoms with Gasteiger partial charge in [-0.3, -0.25) is 9.59 Å². The zero-order chi connectivity index (χ0) is 22.3. The van der Waals surface area contributed by atoms with Gasteiger partial charge < -0.3 is 10.2 Å². The van der Waals surface area contributed by atoms with Crippen molar-refractivity contribution in [3.05, 3.63) is 57.6 Å². The molecule has 162 valence electrons. The van der Waals surface area contributed by atoms with E-state index in [1.54, 1.807) is 6.92 Å². The monoisotopic (exact) mass is 522 g/mol. The maximum Gasteiger partial charge on any atom is 0.256 e. The lowest BCUT2D eigenvalue weighted by Gasteiger charge is -2.39. The fourth-order valence-electron chi connectivity index (χ4n) is 3.44. The molecule has 1 aromatic carbocycles. The van der Waals surface area contributed by atoms with Gasteiger partial charge in [-0.25, -0.2) is 17.4 Å². The molecule has 3 heterocycles. The number of rotatable bonds is 5. The summed E-state index contributed by atoms with van der Waals surface area (Å²) < 4.78 is 25.6. The minimum atomic E-state index is -3.50. The Bertz CT molecular complexity index is 1280. The standard InChI is InChI=1S/C20H19BrN4O4S2/c1-12-15(6-9-25(12)31(2,28)29)19(27)24-8-7-17(24)18(26)23-20-22-16(11-30-20)13-4-3-5-14(21)10-13/h3-6,9-11,17H,7-8H2,1-2H3,(H,22,23,26)/t17-/m0/s1. The number of aromatic nitrogens is 2. The van der Waals surface area contributed by atoms with Crippen molar-refractivity contribution in [2.24, 2.45) is 0 Å². The van der Waals surface area contributed by atoms with Gasteiger partial charge in [0.15, 0.2) is 5.13 Å². The molecule has 0 spiro atoms. The third kappa shape index (κ3) is 4.30. The van der Waals surface area contributed by atoms with E-state index in [0.29, 0.717) is 23.8 Å². The van der Waals surface area contributed by atoms with Crippen LogP contribution in [0.2, 0.25) is 0 Å².